The molecule has 0 amide bonds. The summed E-state index contributed by atoms with van der Waals surface area (Å²) in [7, 11) is 1.55. The SMILES string of the molecule is CCC1CC(Nc2ccc(OC)c(O)c2)CCO1. The second-order valence-electron chi connectivity index (χ2n) is 4.65. The molecule has 1 aliphatic heterocycles. The zero-order valence-corrected chi connectivity index (χ0v) is 11.0. The highest BCUT2D eigenvalue weighted by Crippen LogP contribution is 2.30. The summed E-state index contributed by atoms with van der Waals surface area (Å²) in [6.45, 7) is 2.95. The highest BCUT2D eigenvalue weighted by molar-refractivity contribution is 5.54. The van der Waals surface area contributed by atoms with Crippen LogP contribution in [0.2, 0.25) is 0 Å². The lowest BCUT2D eigenvalue weighted by molar-refractivity contribution is 0.00925. The molecular formula is C14H21NO3. The minimum Gasteiger partial charge on any atom is -0.504 e. The van der Waals surface area contributed by atoms with Gasteiger partial charge in [-0.15, -0.1) is 0 Å². The van der Waals surface area contributed by atoms with Crippen LogP contribution in [-0.4, -0.2) is 31.0 Å². The molecule has 0 saturated carbocycles. The Morgan fingerprint density at radius 2 is 2.33 bits per heavy atom. The first-order chi connectivity index (χ1) is 8.72. The number of hydrogen-bond donors (Lipinski definition) is 2. The summed E-state index contributed by atoms with van der Waals surface area (Å²) < 4.78 is 10.7. The van der Waals surface area contributed by atoms with E-state index in [0.717, 1.165) is 31.6 Å². The summed E-state index contributed by atoms with van der Waals surface area (Å²) >= 11 is 0. The zero-order valence-electron chi connectivity index (χ0n) is 11.0. The van der Waals surface area contributed by atoms with Gasteiger partial charge >= 0.3 is 0 Å². The van der Waals surface area contributed by atoms with Gasteiger partial charge < -0.3 is 19.9 Å². The summed E-state index contributed by atoms with van der Waals surface area (Å²) in [6, 6.07) is 5.81. The first-order valence-electron chi connectivity index (χ1n) is 6.48. The quantitative estimate of drug-likeness (QED) is 0.864. The molecule has 2 N–H and O–H groups in total. The van der Waals surface area contributed by atoms with Crippen molar-refractivity contribution in [2.75, 3.05) is 19.0 Å². The molecule has 0 bridgehead atoms. The van der Waals surface area contributed by atoms with Crippen LogP contribution in [0, 0.1) is 0 Å². The maximum Gasteiger partial charge on any atom is 0.160 e. The molecule has 0 radical (unpaired) electrons. The van der Waals surface area contributed by atoms with Gasteiger partial charge in [-0.25, -0.2) is 0 Å². The van der Waals surface area contributed by atoms with Crippen LogP contribution < -0.4 is 10.1 Å². The molecule has 100 valence electrons. The molecule has 4 heteroatoms. The summed E-state index contributed by atoms with van der Waals surface area (Å²) in [6.07, 6.45) is 3.42. The second-order valence-corrected chi connectivity index (χ2v) is 4.65. The fraction of sp³-hybridized carbons (Fsp3) is 0.571. The Balaban J connectivity index is 1.98. The van der Waals surface area contributed by atoms with E-state index in [1.807, 2.05) is 6.07 Å². The van der Waals surface area contributed by atoms with Crippen LogP contribution in [0.25, 0.3) is 0 Å². The predicted molar refractivity (Wildman–Crippen MR) is 71.3 cm³/mol. The Morgan fingerprint density at radius 3 is 3.00 bits per heavy atom. The maximum atomic E-state index is 9.73. The van der Waals surface area contributed by atoms with Gasteiger partial charge in [0.2, 0.25) is 0 Å². The third-order valence-corrected chi connectivity index (χ3v) is 3.37. The van der Waals surface area contributed by atoms with Crippen LogP contribution in [0.3, 0.4) is 0 Å². The average Bonchev–Trinajstić information content (AvgIpc) is 2.39. The highest BCUT2D eigenvalue weighted by atomic mass is 16.5. The Morgan fingerprint density at radius 1 is 1.50 bits per heavy atom. The Labute approximate surface area is 108 Å². The molecule has 1 aliphatic rings. The molecule has 2 unspecified atom stereocenters. The van der Waals surface area contributed by atoms with Gasteiger partial charge in [0.1, 0.15) is 0 Å². The molecule has 2 rings (SSSR count). The van der Waals surface area contributed by atoms with Crippen molar-refractivity contribution in [3.05, 3.63) is 18.2 Å². The standard InChI is InChI=1S/C14H21NO3/c1-3-12-8-11(6-7-18-12)15-10-4-5-14(17-2)13(16)9-10/h4-5,9,11-12,15-16H,3,6-8H2,1-2H3. The number of anilines is 1. The van der Waals surface area contributed by atoms with E-state index >= 15 is 0 Å². The molecule has 4 nitrogen and oxygen atoms in total. The molecule has 1 heterocycles. The lowest BCUT2D eigenvalue weighted by Crippen LogP contribution is -2.33. The number of benzene rings is 1. The molecule has 0 spiro atoms. The van der Waals surface area contributed by atoms with Crippen molar-refractivity contribution in [1.29, 1.82) is 0 Å². The van der Waals surface area contributed by atoms with Crippen molar-refractivity contribution in [3.8, 4) is 11.5 Å². The summed E-state index contributed by atoms with van der Waals surface area (Å²) in [4.78, 5) is 0. The summed E-state index contributed by atoms with van der Waals surface area (Å²) in [5, 5.41) is 13.2. The fourth-order valence-corrected chi connectivity index (χ4v) is 2.31. The van der Waals surface area contributed by atoms with Gasteiger partial charge in [0, 0.05) is 24.4 Å². The van der Waals surface area contributed by atoms with Gasteiger partial charge in [-0.3, -0.25) is 0 Å². The number of ether oxygens (including phenoxy) is 2. The van der Waals surface area contributed by atoms with E-state index in [1.165, 1.54) is 0 Å². The van der Waals surface area contributed by atoms with Gasteiger partial charge in [0.25, 0.3) is 0 Å². The van der Waals surface area contributed by atoms with E-state index in [1.54, 1.807) is 19.2 Å². The van der Waals surface area contributed by atoms with E-state index in [-0.39, 0.29) is 5.75 Å². The Bertz CT molecular complexity index is 395. The molecule has 2 atom stereocenters. The number of phenols is 1. The molecule has 1 aromatic carbocycles. The van der Waals surface area contributed by atoms with Crippen LogP contribution >= 0.6 is 0 Å². The van der Waals surface area contributed by atoms with Gasteiger partial charge in [0.15, 0.2) is 11.5 Å². The van der Waals surface area contributed by atoms with Gasteiger partial charge in [-0.2, -0.15) is 0 Å². The largest absolute Gasteiger partial charge is 0.504 e. The first-order valence-corrected chi connectivity index (χ1v) is 6.48. The zero-order chi connectivity index (χ0) is 13.0. The Hall–Kier alpha value is -1.42. The smallest absolute Gasteiger partial charge is 0.160 e. The van der Waals surface area contributed by atoms with E-state index in [2.05, 4.69) is 12.2 Å². The fourth-order valence-electron chi connectivity index (χ4n) is 2.31. The summed E-state index contributed by atoms with van der Waals surface area (Å²) in [5.74, 6) is 0.667. The van der Waals surface area contributed by atoms with Crippen molar-refractivity contribution >= 4 is 5.69 Å². The molecule has 0 aliphatic carbocycles. The number of methoxy groups -OCH3 is 1. The molecule has 1 aromatic rings. The Kier molecular flexibility index (Phi) is 4.31. The van der Waals surface area contributed by atoms with Crippen LogP contribution in [0.5, 0.6) is 11.5 Å². The number of aromatic hydroxyl groups is 1. The van der Waals surface area contributed by atoms with Crippen molar-refractivity contribution in [2.45, 2.75) is 38.3 Å². The molecular weight excluding hydrogens is 230 g/mol. The normalized spacial score (nSPS) is 23.7. The number of rotatable bonds is 4. The van der Waals surface area contributed by atoms with Crippen molar-refractivity contribution in [2.24, 2.45) is 0 Å². The molecule has 0 aromatic heterocycles. The van der Waals surface area contributed by atoms with Gasteiger partial charge in [-0.1, -0.05) is 6.92 Å². The van der Waals surface area contributed by atoms with E-state index in [0.29, 0.717) is 17.9 Å². The van der Waals surface area contributed by atoms with Crippen molar-refractivity contribution in [1.82, 2.24) is 0 Å². The lowest BCUT2D eigenvalue weighted by atomic mass is 10.0. The van der Waals surface area contributed by atoms with E-state index in [4.69, 9.17) is 9.47 Å². The van der Waals surface area contributed by atoms with Crippen molar-refractivity contribution in [3.63, 3.8) is 0 Å². The minimum absolute atomic E-state index is 0.168. The second kappa shape index (κ2) is 5.96. The maximum absolute atomic E-state index is 9.73. The lowest BCUT2D eigenvalue weighted by Gasteiger charge is -2.30. The highest BCUT2D eigenvalue weighted by Gasteiger charge is 2.21. The van der Waals surface area contributed by atoms with Crippen LogP contribution in [0.15, 0.2) is 18.2 Å². The summed E-state index contributed by atoms with van der Waals surface area (Å²) in [5.41, 5.74) is 0.926. The van der Waals surface area contributed by atoms with Crippen LogP contribution in [0.4, 0.5) is 5.69 Å². The van der Waals surface area contributed by atoms with Crippen LogP contribution in [-0.2, 0) is 4.74 Å². The van der Waals surface area contributed by atoms with Crippen molar-refractivity contribution < 1.29 is 14.6 Å². The minimum atomic E-state index is 0.168. The monoisotopic (exact) mass is 251 g/mol. The van der Waals surface area contributed by atoms with E-state index in [9.17, 15) is 5.11 Å². The average molecular weight is 251 g/mol. The van der Waals surface area contributed by atoms with Gasteiger partial charge in [-0.05, 0) is 31.4 Å². The molecule has 18 heavy (non-hydrogen) atoms. The third-order valence-electron chi connectivity index (χ3n) is 3.37. The number of phenolic OH excluding ortho intramolecular Hbond substituents is 1. The number of hydrogen-bond acceptors (Lipinski definition) is 4. The topological polar surface area (TPSA) is 50.7 Å². The van der Waals surface area contributed by atoms with Gasteiger partial charge in [0.05, 0.1) is 13.2 Å². The first kappa shape index (κ1) is 13.0. The predicted octanol–water partition coefficient (Wildman–Crippen LogP) is 2.77. The molecule has 1 fully saturated rings. The third kappa shape index (κ3) is 3.07. The molecule has 1 saturated heterocycles. The van der Waals surface area contributed by atoms with E-state index < -0.39 is 0 Å². The van der Waals surface area contributed by atoms with Crippen LogP contribution in [0.1, 0.15) is 26.2 Å². The number of nitrogens with one attached hydrogen (secondary N) is 1.